The van der Waals surface area contributed by atoms with Crippen LogP contribution in [-0.2, 0) is 0 Å². The van der Waals surface area contributed by atoms with Crippen molar-refractivity contribution in [2.24, 2.45) is 0 Å². The van der Waals surface area contributed by atoms with Crippen molar-refractivity contribution >= 4 is 0 Å². The van der Waals surface area contributed by atoms with Gasteiger partial charge < -0.3 is 5.32 Å². The monoisotopic (exact) mass is 221 g/mol. The maximum Gasteiger partial charge on any atom is 0.0631 e. The Balaban J connectivity index is 2.27. The minimum atomic E-state index is 0.554. The van der Waals surface area contributed by atoms with Gasteiger partial charge in [-0.2, -0.15) is 5.10 Å². The van der Waals surface area contributed by atoms with Gasteiger partial charge in [0.15, 0.2) is 0 Å². The number of rotatable bonds is 4. The molecular weight excluding hydrogens is 198 g/mol. The van der Waals surface area contributed by atoms with E-state index in [0.717, 1.165) is 6.54 Å². The van der Waals surface area contributed by atoms with Gasteiger partial charge in [0, 0.05) is 17.8 Å². The number of hydrogen-bond donors (Lipinski definition) is 1. The van der Waals surface area contributed by atoms with E-state index in [1.54, 1.807) is 0 Å². The smallest absolute Gasteiger partial charge is 0.0631 e. The number of likely N-dealkylation sites (N-methyl/N-ethyl adjacent to an activating group) is 1. The average molecular weight is 221 g/mol. The minimum absolute atomic E-state index is 0.554. The van der Waals surface area contributed by atoms with Crippen LogP contribution in [0, 0.1) is 13.8 Å². The van der Waals surface area contributed by atoms with Gasteiger partial charge in [0.2, 0.25) is 0 Å². The van der Waals surface area contributed by atoms with E-state index >= 15 is 0 Å². The maximum atomic E-state index is 4.72. The Morgan fingerprint density at radius 1 is 1.44 bits per heavy atom. The Hall–Kier alpha value is -0.830. The van der Waals surface area contributed by atoms with Crippen LogP contribution in [0.5, 0.6) is 0 Å². The molecule has 1 aliphatic rings. The van der Waals surface area contributed by atoms with Gasteiger partial charge in [0.05, 0.1) is 11.7 Å². The molecule has 0 aromatic carbocycles. The zero-order valence-electron chi connectivity index (χ0n) is 10.9. The first kappa shape index (κ1) is 11.6. The molecule has 16 heavy (non-hydrogen) atoms. The highest BCUT2D eigenvalue weighted by Gasteiger charge is 2.25. The molecule has 0 bridgehead atoms. The van der Waals surface area contributed by atoms with E-state index in [0.29, 0.717) is 12.0 Å². The number of aryl methyl sites for hydroxylation is 1. The fourth-order valence-corrected chi connectivity index (χ4v) is 2.78. The first-order valence-electron chi connectivity index (χ1n) is 6.35. The van der Waals surface area contributed by atoms with Crippen LogP contribution in [0.3, 0.4) is 0 Å². The van der Waals surface area contributed by atoms with E-state index in [2.05, 4.69) is 30.8 Å². The Kier molecular flexibility index (Phi) is 3.33. The number of nitrogens with zero attached hydrogens (tertiary/aromatic N) is 2. The van der Waals surface area contributed by atoms with Crippen LogP contribution in [0.2, 0.25) is 0 Å². The largest absolute Gasteiger partial charge is 0.319 e. The van der Waals surface area contributed by atoms with Crippen LogP contribution in [0.4, 0.5) is 0 Å². The van der Waals surface area contributed by atoms with Gasteiger partial charge in [-0.25, -0.2) is 0 Å². The molecular formula is C13H23N3. The molecule has 1 atom stereocenters. The predicted molar refractivity (Wildman–Crippen MR) is 66.9 cm³/mol. The molecule has 0 spiro atoms. The molecule has 1 saturated carbocycles. The van der Waals surface area contributed by atoms with Gasteiger partial charge in [-0.3, -0.25) is 4.68 Å². The second-order valence-corrected chi connectivity index (χ2v) is 5.07. The summed E-state index contributed by atoms with van der Waals surface area (Å²) in [4.78, 5) is 0. The molecule has 1 aliphatic carbocycles. The van der Waals surface area contributed by atoms with Gasteiger partial charge >= 0.3 is 0 Å². The topological polar surface area (TPSA) is 29.9 Å². The van der Waals surface area contributed by atoms with Crippen LogP contribution in [0.25, 0.3) is 0 Å². The van der Waals surface area contributed by atoms with Gasteiger partial charge in [-0.1, -0.05) is 6.92 Å². The minimum Gasteiger partial charge on any atom is -0.319 e. The Labute approximate surface area is 98.2 Å². The number of nitrogens with one attached hydrogen (secondary N) is 1. The second kappa shape index (κ2) is 4.58. The highest BCUT2D eigenvalue weighted by Crippen LogP contribution is 2.34. The van der Waals surface area contributed by atoms with Crippen LogP contribution in [0.1, 0.15) is 55.1 Å². The molecule has 0 saturated heterocycles. The van der Waals surface area contributed by atoms with Crippen molar-refractivity contribution in [1.82, 2.24) is 15.1 Å². The third kappa shape index (κ3) is 1.88. The molecule has 1 aromatic rings. The SMILES string of the molecule is CNCC(C)c1c(C)nn(C2CCC2)c1C. The molecule has 1 aromatic heterocycles. The van der Waals surface area contributed by atoms with Crippen molar-refractivity contribution in [3.63, 3.8) is 0 Å². The van der Waals surface area contributed by atoms with E-state index in [4.69, 9.17) is 5.10 Å². The van der Waals surface area contributed by atoms with Gasteiger partial charge in [-0.15, -0.1) is 0 Å². The summed E-state index contributed by atoms with van der Waals surface area (Å²) in [7, 11) is 2.01. The third-order valence-corrected chi connectivity index (χ3v) is 3.80. The lowest BCUT2D eigenvalue weighted by atomic mass is 9.92. The highest BCUT2D eigenvalue weighted by atomic mass is 15.3. The molecule has 1 N–H and O–H groups in total. The van der Waals surface area contributed by atoms with Crippen molar-refractivity contribution in [3.05, 3.63) is 17.0 Å². The van der Waals surface area contributed by atoms with E-state index in [9.17, 15) is 0 Å². The molecule has 3 heteroatoms. The van der Waals surface area contributed by atoms with Gasteiger partial charge in [-0.05, 0) is 46.1 Å². The first-order valence-corrected chi connectivity index (χ1v) is 6.35. The predicted octanol–water partition coefficient (Wildman–Crippen LogP) is 2.55. The van der Waals surface area contributed by atoms with Crippen molar-refractivity contribution < 1.29 is 0 Å². The van der Waals surface area contributed by atoms with Crippen LogP contribution in [-0.4, -0.2) is 23.4 Å². The molecule has 1 heterocycles. The van der Waals surface area contributed by atoms with Crippen molar-refractivity contribution in [1.29, 1.82) is 0 Å². The van der Waals surface area contributed by atoms with Gasteiger partial charge in [0.1, 0.15) is 0 Å². The summed E-state index contributed by atoms with van der Waals surface area (Å²) in [5.74, 6) is 0.554. The second-order valence-electron chi connectivity index (χ2n) is 5.07. The molecule has 2 rings (SSSR count). The Bertz CT molecular complexity index is 363. The summed E-state index contributed by atoms with van der Waals surface area (Å²) >= 11 is 0. The lowest BCUT2D eigenvalue weighted by Gasteiger charge is -2.27. The molecule has 1 unspecified atom stereocenters. The molecule has 0 amide bonds. The maximum absolute atomic E-state index is 4.72. The lowest BCUT2D eigenvalue weighted by Crippen LogP contribution is -2.20. The van der Waals surface area contributed by atoms with Crippen LogP contribution >= 0.6 is 0 Å². The van der Waals surface area contributed by atoms with Crippen molar-refractivity contribution in [3.8, 4) is 0 Å². The van der Waals surface area contributed by atoms with Gasteiger partial charge in [0.25, 0.3) is 0 Å². The summed E-state index contributed by atoms with van der Waals surface area (Å²) < 4.78 is 2.26. The number of hydrogen-bond acceptors (Lipinski definition) is 2. The quantitative estimate of drug-likeness (QED) is 0.846. The lowest BCUT2D eigenvalue weighted by molar-refractivity contribution is 0.283. The van der Waals surface area contributed by atoms with Crippen LogP contribution < -0.4 is 5.32 Å². The first-order chi connectivity index (χ1) is 7.65. The van der Waals surface area contributed by atoms with Crippen molar-refractivity contribution in [2.45, 2.75) is 52.0 Å². The summed E-state index contributed by atoms with van der Waals surface area (Å²) in [5, 5.41) is 7.97. The molecule has 0 aliphatic heterocycles. The molecule has 3 nitrogen and oxygen atoms in total. The fourth-order valence-electron chi connectivity index (χ4n) is 2.78. The van der Waals surface area contributed by atoms with E-state index < -0.39 is 0 Å². The molecule has 0 radical (unpaired) electrons. The van der Waals surface area contributed by atoms with Crippen molar-refractivity contribution in [2.75, 3.05) is 13.6 Å². The summed E-state index contributed by atoms with van der Waals surface area (Å²) in [6.45, 7) is 7.67. The Morgan fingerprint density at radius 3 is 2.62 bits per heavy atom. The molecule has 1 fully saturated rings. The number of aromatic nitrogens is 2. The van der Waals surface area contributed by atoms with E-state index in [1.807, 2.05) is 7.05 Å². The summed E-state index contributed by atoms with van der Waals surface area (Å²) in [5.41, 5.74) is 4.04. The standard InChI is InChI=1S/C13H23N3/c1-9(8-14-4)13-10(2)15-16(11(13)3)12-6-5-7-12/h9,12,14H,5-8H2,1-4H3. The van der Waals surface area contributed by atoms with E-state index in [1.165, 1.54) is 36.2 Å². The average Bonchev–Trinajstić information content (AvgIpc) is 2.40. The Morgan fingerprint density at radius 2 is 2.12 bits per heavy atom. The zero-order chi connectivity index (χ0) is 11.7. The van der Waals surface area contributed by atoms with E-state index in [-0.39, 0.29) is 0 Å². The molecule has 90 valence electrons. The highest BCUT2D eigenvalue weighted by molar-refractivity contribution is 5.29. The normalized spacial score (nSPS) is 18.5. The van der Waals surface area contributed by atoms with Crippen LogP contribution in [0.15, 0.2) is 0 Å². The fraction of sp³-hybridized carbons (Fsp3) is 0.769. The zero-order valence-corrected chi connectivity index (χ0v) is 10.9. The third-order valence-electron chi connectivity index (χ3n) is 3.80. The summed E-state index contributed by atoms with van der Waals surface area (Å²) in [6.07, 6.45) is 3.98. The summed E-state index contributed by atoms with van der Waals surface area (Å²) in [6, 6.07) is 0.675.